The quantitative estimate of drug-likeness (QED) is 0.375. The lowest BCUT2D eigenvalue weighted by atomic mass is 10.1. The number of sulfonamides is 1. The first kappa shape index (κ1) is 23.4. The van der Waals surface area contributed by atoms with Crippen LogP contribution in [0.1, 0.15) is 31.2 Å². The minimum absolute atomic E-state index is 0.0768. The van der Waals surface area contributed by atoms with Crippen LogP contribution in [0, 0.1) is 10.1 Å². The standard InChI is InChI=1S/C20H26N6O5S/c21-32(30,31)16-5-6-17(18(12-16)26(28)29)22-9-8-20(27)24-14-15-4-7-19(23-13-15)25-10-2-1-3-11-25/h4-7,12-13,22H,1-3,8-11,14H2,(H,24,27)(H2,21,30,31). The highest BCUT2D eigenvalue weighted by Gasteiger charge is 2.19. The van der Waals surface area contributed by atoms with Gasteiger partial charge < -0.3 is 15.5 Å². The lowest BCUT2D eigenvalue weighted by Gasteiger charge is -2.27. The van der Waals surface area contributed by atoms with Gasteiger partial charge in [-0.1, -0.05) is 6.07 Å². The maximum Gasteiger partial charge on any atom is 0.293 e. The molecular formula is C20H26N6O5S. The molecule has 4 N–H and O–H groups in total. The Bertz CT molecular complexity index is 1070. The van der Waals surface area contributed by atoms with Gasteiger partial charge in [0.2, 0.25) is 15.9 Å². The first-order valence-corrected chi connectivity index (χ1v) is 11.8. The Morgan fingerprint density at radius 1 is 1.19 bits per heavy atom. The van der Waals surface area contributed by atoms with E-state index in [0.717, 1.165) is 30.5 Å². The fourth-order valence-electron chi connectivity index (χ4n) is 3.42. The second-order valence-electron chi connectivity index (χ2n) is 7.51. The maximum absolute atomic E-state index is 12.1. The molecule has 11 nitrogen and oxygen atoms in total. The third kappa shape index (κ3) is 6.37. The molecule has 1 amide bonds. The van der Waals surface area contributed by atoms with E-state index in [0.29, 0.717) is 6.54 Å². The molecule has 0 aliphatic carbocycles. The van der Waals surface area contributed by atoms with E-state index in [9.17, 15) is 23.3 Å². The summed E-state index contributed by atoms with van der Waals surface area (Å²) in [6.07, 6.45) is 5.43. The van der Waals surface area contributed by atoms with E-state index in [2.05, 4.69) is 20.5 Å². The maximum atomic E-state index is 12.1. The third-order valence-electron chi connectivity index (χ3n) is 5.14. The van der Waals surface area contributed by atoms with Gasteiger partial charge in [0.05, 0.1) is 9.82 Å². The second-order valence-corrected chi connectivity index (χ2v) is 9.07. The van der Waals surface area contributed by atoms with Gasteiger partial charge in [-0.25, -0.2) is 18.5 Å². The van der Waals surface area contributed by atoms with Crippen LogP contribution in [-0.4, -0.2) is 43.9 Å². The number of amides is 1. The number of benzene rings is 1. The summed E-state index contributed by atoms with van der Waals surface area (Å²) in [6, 6.07) is 7.21. The van der Waals surface area contributed by atoms with Crippen LogP contribution in [0.15, 0.2) is 41.4 Å². The molecule has 0 saturated carbocycles. The highest BCUT2D eigenvalue weighted by Crippen LogP contribution is 2.27. The van der Waals surface area contributed by atoms with Gasteiger partial charge >= 0.3 is 0 Å². The molecule has 172 valence electrons. The number of nitrogens with two attached hydrogens (primary N) is 1. The lowest BCUT2D eigenvalue weighted by molar-refractivity contribution is -0.384. The van der Waals surface area contributed by atoms with Crippen molar-refractivity contribution in [1.82, 2.24) is 10.3 Å². The SMILES string of the molecule is NS(=O)(=O)c1ccc(NCCC(=O)NCc2ccc(N3CCCCC3)nc2)c([N+](=O)[O-])c1. The van der Waals surface area contributed by atoms with Crippen molar-refractivity contribution in [2.24, 2.45) is 5.14 Å². The Morgan fingerprint density at radius 2 is 1.94 bits per heavy atom. The molecule has 0 atom stereocenters. The molecule has 1 aromatic heterocycles. The van der Waals surface area contributed by atoms with Crippen molar-refractivity contribution in [2.45, 2.75) is 37.1 Å². The molecule has 0 unspecified atom stereocenters. The van der Waals surface area contributed by atoms with Crippen LogP contribution in [0.2, 0.25) is 0 Å². The van der Waals surface area contributed by atoms with Crippen molar-refractivity contribution in [3.8, 4) is 0 Å². The summed E-state index contributed by atoms with van der Waals surface area (Å²) in [5, 5.41) is 21.8. The monoisotopic (exact) mass is 462 g/mol. The largest absolute Gasteiger partial charge is 0.379 e. The lowest BCUT2D eigenvalue weighted by Crippen LogP contribution is -2.30. The Kier molecular flexibility index (Phi) is 7.59. The summed E-state index contributed by atoms with van der Waals surface area (Å²) < 4.78 is 22.8. The molecule has 2 aromatic rings. The van der Waals surface area contributed by atoms with Crippen LogP contribution in [-0.2, 0) is 21.4 Å². The zero-order valence-corrected chi connectivity index (χ0v) is 18.3. The Balaban J connectivity index is 1.47. The van der Waals surface area contributed by atoms with Crippen molar-refractivity contribution in [3.05, 3.63) is 52.2 Å². The number of hydrogen-bond acceptors (Lipinski definition) is 8. The highest BCUT2D eigenvalue weighted by molar-refractivity contribution is 7.89. The number of carbonyl (C=O) groups excluding carboxylic acids is 1. The van der Waals surface area contributed by atoms with E-state index >= 15 is 0 Å². The topological polar surface area (TPSA) is 161 Å². The fourth-order valence-corrected chi connectivity index (χ4v) is 3.95. The smallest absolute Gasteiger partial charge is 0.293 e. The van der Waals surface area contributed by atoms with Crippen LogP contribution >= 0.6 is 0 Å². The van der Waals surface area contributed by atoms with Crippen molar-refractivity contribution >= 4 is 33.1 Å². The van der Waals surface area contributed by atoms with Gasteiger partial charge in [-0.05, 0) is 43.0 Å². The molecule has 1 aliphatic heterocycles. The number of carbonyl (C=O) groups is 1. The van der Waals surface area contributed by atoms with Gasteiger partial charge in [0.25, 0.3) is 5.69 Å². The molecule has 32 heavy (non-hydrogen) atoms. The van der Waals surface area contributed by atoms with E-state index in [1.807, 2.05) is 12.1 Å². The molecule has 12 heteroatoms. The average Bonchev–Trinajstić information content (AvgIpc) is 2.78. The summed E-state index contributed by atoms with van der Waals surface area (Å²) in [4.78, 5) is 29.0. The zero-order chi connectivity index (χ0) is 23.1. The van der Waals surface area contributed by atoms with Crippen LogP contribution in [0.3, 0.4) is 0 Å². The highest BCUT2D eigenvalue weighted by atomic mass is 32.2. The number of nitrogens with one attached hydrogen (secondary N) is 2. The summed E-state index contributed by atoms with van der Waals surface area (Å²) in [5.74, 6) is 0.709. The van der Waals surface area contributed by atoms with Gasteiger partial charge in [-0.15, -0.1) is 0 Å². The number of rotatable bonds is 9. The second kappa shape index (κ2) is 10.4. The normalized spacial score (nSPS) is 14.1. The van der Waals surface area contributed by atoms with Crippen LogP contribution in [0.4, 0.5) is 17.2 Å². The molecule has 1 fully saturated rings. The predicted octanol–water partition coefficient (Wildman–Crippen LogP) is 1.75. The number of nitrogens with zero attached hydrogens (tertiary/aromatic N) is 3. The molecule has 1 aliphatic rings. The first-order chi connectivity index (χ1) is 15.2. The number of pyridine rings is 1. The van der Waals surface area contributed by atoms with Crippen molar-refractivity contribution in [2.75, 3.05) is 29.9 Å². The minimum atomic E-state index is -4.06. The van der Waals surface area contributed by atoms with Gasteiger partial charge in [0.15, 0.2) is 0 Å². The number of primary sulfonamides is 1. The molecule has 3 rings (SSSR count). The van der Waals surface area contributed by atoms with Crippen molar-refractivity contribution in [1.29, 1.82) is 0 Å². The van der Waals surface area contributed by atoms with Gasteiger partial charge in [-0.2, -0.15) is 0 Å². The van der Waals surface area contributed by atoms with Gasteiger partial charge in [0.1, 0.15) is 11.5 Å². The molecule has 1 saturated heterocycles. The van der Waals surface area contributed by atoms with E-state index in [4.69, 9.17) is 5.14 Å². The molecule has 0 spiro atoms. The number of nitro groups is 1. The van der Waals surface area contributed by atoms with Gasteiger partial charge in [-0.3, -0.25) is 14.9 Å². The van der Waals surface area contributed by atoms with Crippen molar-refractivity contribution < 1.29 is 18.1 Å². The Hall–Kier alpha value is -3.25. The van der Waals surface area contributed by atoms with E-state index in [1.165, 1.54) is 31.4 Å². The first-order valence-electron chi connectivity index (χ1n) is 10.3. The van der Waals surface area contributed by atoms with Crippen LogP contribution in [0.25, 0.3) is 0 Å². The van der Waals surface area contributed by atoms with Crippen LogP contribution < -0.4 is 20.7 Å². The molecule has 0 bridgehead atoms. The summed E-state index contributed by atoms with van der Waals surface area (Å²) in [5.41, 5.74) is 0.547. The number of anilines is 2. The van der Waals surface area contributed by atoms with Gasteiger partial charge in [0, 0.05) is 44.9 Å². The predicted molar refractivity (Wildman–Crippen MR) is 120 cm³/mol. The van der Waals surface area contributed by atoms with Crippen molar-refractivity contribution in [3.63, 3.8) is 0 Å². The summed E-state index contributed by atoms with van der Waals surface area (Å²) >= 11 is 0. The summed E-state index contributed by atoms with van der Waals surface area (Å²) in [7, 11) is -4.06. The van der Waals surface area contributed by atoms with Crippen LogP contribution in [0.5, 0.6) is 0 Å². The molecular weight excluding hydrogens is 436 g/mol. The Labute approximate surface area is 186 Å². The molecule has 0 radical (unpaired) electrons. The summed E-state index contributed by atoms with van der Waals surface area (Å²) in [6.45, 7) is 2.49. The number of aromatic nitrogens is 1. The average molecular weight is 463 g/mol. The van der Waals surface area contributed by atoms with E-state index in [1.54, 1.807) is 6.20 Å². The number of piperidine rings is 1. The van der Waals surface area contributed by atoms with E-state index < -0.39 is 20.6 Å². The number of nitro benzene ring substituents is 1. The number of hydrogen-bond donors (Lipinski definition) is 3. The fraction of sp³-hybridized carbons (Fsp3) is 0.400. The van der Waals surface area contributed by atoms with E-state index in [-0.39, 0.29) is 29.5 Å². The minimum Gasteiger partial charge on any atom is -0.379 e. The third-order valence-corrected chi connectivity index (χ3v) is 6.05. The Morgan fingerprint density at radius 3 is 2.56 bits per heavy atom. The zero-order valence-electron chi connectivity index (χ0n) is 17.5. The molecule has 2 heterocycles. The molecule has 1 aromatic carbocycles.